The molecule has 5 nitrogen and oxygen atoms in total. The predicted octanol–water partition coefficient (Wildman–Crippen LogP) is 1.52. The molecule has 2 atom stereocenters. The maximum atomic E-state index is 12.5. The van der Waals surface area contributed by atoms with Gasteiger partial charge in [0.1, 0.15) is 6.04 Å². The van der Waals surface area contributed by atoms with Crippen molar-refractivity contribution in [1.82, 2.24) is 10.2 Å². The van der Waals surface area contributed by atoms with Crippen LogP contribution in [0.4, 0.5) is 0 Å². The van der Waals surface area contributed by atoms with Crippen LogP contribution in [-0.2, 0) is 20.9 Å². The number of benzene rings is 1. The van der Waals surface area contributed by atoms with E-state index >= 15 is 0 Å². The minimum atomic E-state index is -0.651. The van der Waals surface area contributed by atoms with Crippen molar-refractivity contribution in [2.24, 2.45) is 11.8 Å². The van der Waals surface area contributed by atoms with Crippen LogP contribution in [0.5, 0.6) is 0 Å². The van der Waals surface area contributed by atoms with E-state index < -0.39 is 17.7 Å². The van der Waals surface area contributed by atoms with E-state index in [0.717, 1.165) is 18.4 Å². The number of hydrogen-bond donors (Lipinski definition) is 1. The van der Waals surface area contributed by atoms with Crippen molar-refractivity contribution in [3.05, 3.63) is 35.9 Å². The smallest absolute Gasteiger partial charge is 0.289 e. The Balaban J connectivity index is 1.70. The maximum absolute atomic E-state index is 12.5. The zero-order valence-electron chi connectivity index (χ0n) is 13.3. The van der Waals surface area contributed by atoms with Gasteiger partial charge >= 0.3 is 0 Å². The lowest BCUT2D eigenvalue weighted by molar-refractivity contribution is -0.143. The molecule has 3 rings (SSSR count). The molecule has 5 heteroatoms. The van der Waals surface area contributed by atoms with E-state index in [-0.39, 0.29) is 11.8 Å². The van der Waals surface area contributed by atoms with Crippen LogP contribution in [0.1, 0.15) is 31.7 Å². The summed E-state index contributed by atoms with van der Waals surface area (Å²) in [5.74, 6) is -0.712. The van der Waals surface area contributed by atoms with Gasteiger partial charge in [-0.2, -0.15) is 0 Å². The second kappa shape index (κ2) is 6.52. The molecule has 1 aromatic rings. The van der Waals surface area contributed by atoms with Crippen molar-refractivity contribution >= 4 is 17.6 Å². The highest BCUT2D eigenvalue weighted by Crippen LogP contribution is 2.29. The van der Waals surface area contributed by atoms with Gasteiger partial charge in [0.15, 0.2) is 0 Å². The predicted molar refractivity (Wildman–Crippen MR) is 85.3 cm³/mol. The van der Waals surface area contributed by atoms with Crippen LogP contribution < -0.4 is 5.32 Å². The molecule has 0 bridgehead atoms. The van der Waals surface area contributed by atoms with E-state index in [0.29, 0.717) is 25.4 Å². The third-order valence-electron chi connectivity index (χ3n) is 4.63. The van der Waals surface area contributed by atoms with Gasteiger partial charge in [0.2, 0.25) is 11.7 Å². The Morgan fingerprint density at radius 3 is 2.57 bits per heavy atom. The summed E-state index contributed by atoms with van der Waals surface area (Å²) in [6.45, 7) is 2.80. The molecular weight excluding hydrogens is 292 g/mol. The van der Waals surface area contributed by atoms with Crippen LogP contribution in [0.25, 0.3) is 0 Å². The Labute approximate surface area is 136 Å². The molecule has 23 heavy (non-hydrogen) atoms. The van der Waals surface area contributed by atoms with Gasteiger partial charge in [-0.1, -0.05) is 37.3 Å². The Morgan fingerprint density at radius 1 is 1.22 bits per heavy atom. The first-order chi connectivity index (χ1) is 11.1. The first-order valence-corrected chi connectivity index (χ1v) is 8.21. The lowest BCUT2D eigenvalue weighted by Gasteiger charge is -2.25. The summed E-state index contributed by atoms with van der Waals surface area (Å²) >= 11 is 0. The summed E-state index contributed by atoms with van der Waals surface area (Å²) in [6, 6.07) is 8.90. The molecular formula is C18H22N2O3. The highest BCUT2D eigenvalue weighted by molar-refractivity contribution is 6.38. The molecule has 1 aliphatic heterocycles. The summed E-state index contributed by atoms with van der Waals surface area (Å²) in [5, 5.41) is 2.71. The molecule has 0 spiro atoms. The quantitative estimate of drug-likeness (QED) is 0.810. The Bertz CT molecular complexity index is 610. The SMILES string of the molecule is C[C@H]1CC(=O)N(Cc2ccccc2)[C@H]1C(=O)C(=O)NCC1CC1. The molecule has 1 aliphatic carbocycles. The maximum Gasteiger partial charge on any atom is 0.289 e. The third kappa shape index (κ3) is 3.60. The van der Waals surface area contributed by atoms with Crippen molar-refractivity contribution < 1.29 is 14.4 Å². The van der Waals surface area contributed by atoms with Crippen molar-refractivity contribution in [1.29, 1.82) is 0 Å². The third-order valence-corrected chi connectivity index (χ3v) is 4.63. The minimum absolute atomic E-state index is 0.0605. The first-order valence-electron chi connectivity index (χ1n) is 8.21. The normalized spacial score (nSPS) is 23.9. The fourth-order valence-electron chi connectivity index (χ4n) is 3.11. The number of nitrogens with one attached hydrogen (secondary N) is 1. The molecule has 1 aromatic carbocycles. The van der Waals surface area contributed by atoms with Gasteiger partial charge in [-0.15, -0.1) is 0 Å². The van der Waals surface area contributed by atoms with Gasteiger partial charge in [-0.05, 0) is 30.2 Å². The number of nitrogens with zero attached hydrogens (tertiary/aromatic N) is 1. The number of ketones is 1. The molecule has 1 saturated carbocycles. The van der Waals surface area contributed by atoms with Crippen LogP contribution in [0, 0.1) is 11.8 Å². The summed E-state index contributed by atoms with van der Waals surface area (Å²) in [5.41, 5.74) is 0.964. The molecule has 1 saturated heterocycles. The standard InChI is InChI=1S/C18H22N2O3/c1-12-9-15(21)20(11-14-5-3-2-4-6-14)16(12)17(22)18(23)19-10-13-7-8-13/h2-6,12-13,16H,7-11H2,1H3,(H,19,23)/t12-,16+/m0/s1. The second-order valence-electron chi connectivity index (χ2n) is 6.65. The van der Waals surface area contributed by atoms with E-state index in [4.69, 9.17) is 0 Å². The molecule has 1 N–H and O–H groups in total. The largest absolute Gasteiger partial charge is 0.349 e. The molecule has 122 valence electrons. The Kier molecular flexibility index (Phi) is 4.46. The van der Waals surface area contributed by atoms with Crippen LogP contribution >= 0.6 is 0 Å². The van der Waals surface area contributed by atoms with Crippen LogP contribution in [0.15, 0.2) is 30.3 Å². The summed E-state index contributed by atoms with van der Waals surface area (Å²) in [4.78, 5) is 38.4. The van der Waals surface area contributed by atoms with Crippen molar-refractivity contribution in [2.75, 3.05) is 6.54 Å². The summed E-state index contributed by atoms with van der Waals surface area (Å²) in [7, 11) is 0. The number of hydrogen-bond acceptors (Lipinski definition) is 3. The minimum Gasteiger partial charge on any atom is -0.349 e. The molecule has 0 aromatic heterocycles. The van der Waals surface area contributed by atoms with Gasteiger partial charge in [-0.3, -0.25) is 14.4 Å². The van der Waals surface area contributed by atoms with Gasteiger partial charge in [0.25, 0.3) is 5.91 Å². The van der Waals surface area contributed by atoms with Crippen molar-refractivity contribution in [2.45, 2.75) is 38.8 Å². The average Bonchev–Trinajstić information content (AvgIpc) is 3.32. The van der Waals surface area contributed by atoms with Crippen LogP contribution in [-0.4, -0.2) is 35.1 Å². The van der Waals surface area contributed by atoms with E-state index in [1.54, 1.807) is 4.90 Å². The van der Waals surface area contributed by atoms with Gasteiger partial charge in [-0.25, -0.2) is 0 Å². The summed E-state index contributed by atoms with van der Waals surface area (Å²) < 4.78 is 0. The number of Topliss-reactive ketones (excluding diaryl/α,β-unsaturated/α-hetero) is 1. The topological polar surface area (TPSA) is 66.5 Å². The zero-order valence-corrected chi connectivity index (χ0v) is 13.3. The molecule has 1 heterocycles. The fourth-order valence-corrected chi connectivity index (χ4v) is 3.11. The highest BCUT2D eigenvalue weighted by Gasteiger charge is 2.43. The van der Waals surface area contributed by atoms with E-state index in [2.05, 4.69) is 5.32 Å². The molecule has 0 radical (unpaired) electrons. The molecule has 2 amide bonds. The Morgan fingerprint density at radius 2 is 1.91 bits per heavy atom. The average molecular weight is 314 g/mol. The van der Waals surface area contributed by atoms with E-state index in [1.807, 2.05) is 37.3 Å². The second-order valence-corrected chi connectivity index (χ2v) is 6.65. The monoisotopic (exact) mass is 314 g/mol. The van der Waals surface area contributed by atoms with Gasteiger partial charge in [0, 0.05) is 19.5 Å². The summed E-state index contributed by atoms with van der Waals surface area (Å²) in [6.07, 6.45) is 2.55. The number of carbonyl (C=O) groups is 3. The van der Waals surface area contributed by atoms with Crippen molar-refractivity contribution in [3.8, 4) is 0 Å². The number of likely N-dealkylation sites (tertiary alicyclic amines) is 1. The van der Waals surface area contributed by atoms with Crippen LogP contribution in [0.2, 0.25) is 0 Å². The lowest BCUT2D eigenvalue weighted by atomic mass is 9.98. The van der Waals surface area contributed by atoms with Gasteiger partial charge < -0.3 is 10.2 Å². The first kappa shape index (κ1) is 15.7. The fraction of sp³-hybridized carbons (Fsp3) is 0.500. The molecule has 2 fully saturated rings. The van der Waals surface area contributed by atoms with E-state index in [1.165, 1.54) is 0 Å². The highest BCUT2D eigenvalue weighted by atomic mass is 16.2. The van der Waals surface area contributed by atoms with E-state index in [9.17, 15) is 14.4 Å². The molecule has 2 aliphatic rings. The van der Waals surface area contributed by atoms with Crippen molar-refractivity contribution in [3.63, 3.8) is 0 Å². The zero-order chi connectivity index (χ0) is 16.4. The number of carbonyl (C=O) groups excluding carboxylic acids is 3. The number of rotatable bonds is 6. The number of amides is 2. The lowest BCUT2D eigenvalue weighted by Crippen LogP contribution is -2.47. The Hall–Kier alpha value is -2.17. The van der Waals surface area contributed by atoms with Gasteiger partial charge in [0.05, 0.1) is 0 Å². The molecule has 0 unspecified atom stereocenters. The van der Waals surface area contributed by atoms with Crippen LogP contribution in [0.3, 0.4) is 0 Å².